The van der Waals surface area contributed by atoms with E-state index in [4.69, 9.17) is 0 Å². The van der Waals surface area contributed by atoms with Crippen molar-refractivity contribution in [2.75, 3.05) is 19.6 Å². The van der Waals surface area contributed by atoms with Crippen molar-refractivity contribution in [1.82, 2.24) is 15.5 Å². The van der Waals surface area contributed by atoms with E-state index in [9.17, 15) is 9.59 Å². The van der Waals surface area contributed by atoms with Gasteiger partial charge in [0.15, 0.2) is 0 Å². The van der Waals surface area contributed by atoms with Gasteiger partial charge in [0.05, 0.1) is 0 Å². The molecule has 1 spiro atoms. The second-order valence-electron chi connectivity index (χ2n) is 7.73. The maximum Gasteiger partial charge on any atom is 0.318 e. The third kappa shape index (κ3) is 4.18. The van der Waals surface area contributed by atoms with Crippen molar-refractivity contribution < 1.29 is 9.59 Å². The van der Waals surface area contributed by atoms with Crippen LogP contribution in [0.5, 0.6) is 0 Å². The van der Waals surface area contributed by atoms with Crippen LogP contribution in [-0.2, 0) is 4.79 Å². The number of nitrogens with zero attached hydrogens (tertiary/aromatic N) is 1. The van der Waals surface area contributed by atoms with E-state index in [1.807, 2.05) is 4.90 Å². The summed E-state index contributed by atoms with van der Waals surface area (Å²) in [6.45, 7) is 2.45. The molecule has 0 radical (unpaired) electrons. The summed E-state index contributed by atoms with van der Waals surface area (Å²) in [5.41, 5.74) is 0.345. The second-order valence-corrected chi connectivity index (χ2v) is 7.73. The van der Waals surface area contributed by atoms with Gasteiger partial charge in [0.2, 0.25) is 5.91 Å². The van der Waals surface area contributed by atoms with Crippen molar-refractivity contribution in [3.63, 3.8) is 0 Å². The number of nitrogens with one attached hydrogen (secondary N) is 2. The SMILES string of the molecule is O=C1NCCCCC1NC(=O)N1CCCC2(CCCCCC2)C1. The molecule has 1 atom stereocenters. The molecule has 23 heavy (non-hydrogen) atoms. The fourth-order valence-electron chi connectivity index (χ4n) is 4.59. The highest BCUT2D eigenvalue weighted by Gasteiger charge is 2.37. The molecule has 3 amide bonds. The van der Waals surface area contributed by atoms with Crippen LogP contribution in [0.2, 0.25) is 0 Å². The molecule has 0 aromatic heterocycles. The molecular formula is C18H31N3O2. The number of amides is 3. The molecule has 0 bridgehead atoms. The molecule has 3 aliphatic rings. The van der Waals surface area contributed by atoms with Crippen LogP contribution in [0.4, 0.5) is 4.79 Å². The van der Waals surface area contributed by atoms with Gasteiger partial charge in [-0.05, 0) is 50.4 Å². The molecule has 1 aliphatic carbocycles. The fourth-order valence-corrected chi connectivity index (χ4v) is 4.59. The topological polar surface area (TPSA) is 61.4 Å². The Morgan fingerprint density at radius 1 is 1.04 bits per heavy atom. The van der Waals surface area contributed by atoms with Gasteiger partial charge in [0, 0.05) is 19.6 Å². The monoisotopic (exact) mass is 321 g/mol. The van der Waals surface area contributed by atoms with E-state index in [0.717, 1.165) is 45.3 Å². The van der Waals surface area contributed by atoms with Gasteiger partial charge in [-0.3, -0.25) is 4.79 Å². The molecule has 2 aliphatic heterocycles. The van der Waals surface area contributed by atoms with Crippen LogP contribution >= 0.6 is 0 Å². The van der Waals surface area contributed by atoms with Gasteiger partial charge in [-0.15, -0.1) is 0 Å². The zero-order chi connectivity index (χ0) is 16.1. The Balaban J connectivity index is 1.59. The number of carbonyl (C=O) groups is 2. The van der Waals surface area contributed by atoms with Crippen molar-refractivity contribution in [2.24, 2.45) is 5.41 Å². The first-order valence-electron chi connectivity index (χ1n) is 9.52. The third-order valence-electron chi connectivity index (χ3n) is 5.95. The molecule has 1 saturated carbocycles. The summed E-state index contributed by atoms with van der Waals surface area (Å²) < 4.78 is 0. The molecule has 3 rings (SSSR count). The Bertz CT molecular complexity index is 430. The summed E-state index contributed by atoms with van der Waals surface area (Å²) >= 11 is 0. The van der Waals surface area contributed by atoms with Crippen LogP contribution in [-0.4, -0.2) is 42.5 Å². The summed E-state index contributed by atoms with van der Waals surface area (Å²) in [7, 11) is 0. The number of hydrogen-bond donors (Lipinski definition) is 2. The zero-order valence-electron chi connectivity index (χ0n) is 14.2. The normalized spacial score (nSPS) is 28.6. The number of likely N-dealkylation sites (tertiary alicyclic amines) is 1. The summed E-state index contributed by atoms with van der Waals surface area (Å²) in [5.74, 6) is -0.0166. The number of hydrogen-bond acceptors (Lipinski definition) is 2. The van der Waals surface area contributed by atoms with E-state index in [0.29, 0.717) is 5.41 Å². The lowest BCUT2D eigenvalue weighted by atomic mass is 9.74. The highest BCUT2D eigenvalue weighted by molar-refractivity contribution is 5.87. The molecule has 2 heterocycles. The van der Waals surface area contributed by atoms with Crippen LogP contribution < -0.4 is 10.6 Å². The van der Waals surface area contributed by atoms with Crippen LogP contribution in [0.25, 0.3) is 0 Å². The van der Waals surface area contributed by atoms with Gasteiger partial charge in [0.25, 0.3) is 0 Å². The van der Waals surface area contributed by atoms with Crippen LogP contribution in [0.1, 0.15) is 70.6 Å². The summed E-state index contributed by atoms with van der Waals surface area (Å²) in [5, 5.41) is 5.89. The van der Waals surface area contributed by atoms with Gasteiger partial charge in [-0.25, -0.2) is 4.79 Å². The Morgan fingerprint density at radius 2 is 1.78 bits per heavy atom. The van der Waals surface area contributed by atoms with Crippen molar-refractivity contribution in [2.45, 2.75) is 76.7 Å². The average molecular weight is 321 g/mol. The molecule has 3 fully saturated rings. The minimum Gasteiger partial charge on any atom is -0.354 e. The van der Waals surface area contributed by atoms with Crippen LogP contribution in [0.15, 0.2) is 0 Å². The van der Waals surface area contributed by atoms with E-state index in [-0.39, 0.29) is 18.0 Å². The van der Waals surface area contributed by atoms with E-state index in [1.165, 1.54) is 44.9 Å². The quantitative estimate of drug-likeness (QED) is 0.780. The smallest absolute Gasteiger partial charge is 0.318 e. The Morgan fingerprint density at radius 3 is 2.57 bits per heavy atom. The van der Waals surface area contributed by atoms with Gasteiger partial charge in [0.1, 0.15) is 6.04 Å². The molecule has 5 heteroatoms. The van der Waals surface area contributed by atoms with E-state index in [1.54, 1.807) is 0 Å². The Labute approximate surface area is 139 Å². The minimum atomic E-state index is -0.350. The van der Waals surface area contributed by atoms with E-state index < -0.39 is 0 Å². The van der Waals surface area contributed by atoms with E-state index >= 15 is 0 Å². The Hall–Kier alpha value is -1.26. The number of carbonyl (C=O) groups excluding carboxylic acids is 2. The molecule has 1 unspecified atom stereocenters. The summed E-state index contributed by atoms with van der Waals surface area (Å²) in [6, 6.07) is -0.382. The predicted molar refractivity (Wildman–Crippen MR) is 90.1 cm³/mol. The van der Waals surface area contributed by atoms with Crippen LogP contribution in [0, 0.1) is 5.41 Å². The largest absolute Gasteiger partial charge is 0.354 e. The van der Waals surface area contributed by atoms with Gasteiger partial charge in [-0.1, -0.05) is 25.7 Å². The summed E-state index contributed by atoms with van der Waals surface area (Å²) in [4.78, 5) is 26.7. The van der Waals surface area contributed by atoms with Crippen molar-refractivity contribution in [1.29, 1.82) is 0 Å². The molecule has 0 aromatic rings. The van der Waals surface area contributed by atoms with Crippen molar-refractivity contribution >= 4 is 11.9 Å². The second kappa shape index (κ2) is 7.54. The minimum absolute atomic E-state index is 0.0166. The third-order valence-corrected chi connectivity index (χ3v) is 5.95. The number of piperidine rings is 1. The lowest BCUT2D eigenvalue weighted by Crippen LogP contribution is -2.54. The lowest BCUT2D eigenvalue weighted by molar-refractivity contribution is -0.122. The van der Waals surface area contributed by atoms with E-state index in [2.05, 4.69) is 10.6 Å². The fraction of sp³-hybridized carbons (Fsp3) is 0.889. The maximum atomic E-state index is 12.7. The highest BCUT2D eigenvalue weighted by atomic mass is 16.2. The molecule has 130 valence electrons. The predicted octanol–water partition coefficient (Wildman–Crippen LogP) is 2.80. The molecule has 2 saturated heterocycles. The summed E-state index contributed by atoms with van der Waals surface area (Å²) in [6.07, 6.45) is 13.0. The van der Waals surface area contributed by atoms with Crippen molar-refractivity contribution in [3.8, 4) is 0 Å². The molecular weight excluding hydrogens is 290 g/mol. The number of urea groups is 1. The lowest BCUT2D eigenvalue weighted by Gasteiger charge is -2.43. The molecule has 2 N–H and O–H groups in total. The average Bonchev–Trinajstić information content (AvgIpc) is 2.89. The standard InChI is InChI=1S/C18H31N3O2/c22-16-15(8-3-6-12-19-16)20-17(23)21-13-7-11-18(14-21)9-4-1-2-5-10-18/h15H,1-14H2,(H,19,22)(H,20,23). The Kier molecular flexibility index (Phi) is 5.44. The first kappa shape index (κ1) is 16.6. The number of rotatable bonds is 1. The van der Waals surface area contributed by atoms with Gasteiger partial charge >= 0.3 is 6.03 Å². The van der Waals surface area contributed by atoms with Crippen molar-refractivity contribution in [3.05, 3.63) is 0 Å². The van der Waals surface area contributed by atoms with Gasteiger partial charge < -0.3 is 15.5 Å². The molecule has 0 aromatic carbocycles. The zero-order valence-corrected chi connectivity index (χ0v) is 14.2. The first-order valence-corrected chi connectivity index (χ1v) is 9.52. The molecule has 5 nitrogen and oxygen atoms in total. The highest BCUT2D eigenvalue weighted by Crippen LogP contribution is 2.42. The first-order chi connectivity index (χ1) is 11.2. The van der Waals surface area contributed by atoms with Gasteiger partial charge in [-0.2, -0.15) is 0 Å². The maximum absolute atomic E-state index is 12.7. The van der Waals surface area contributed by atoms with Crippen LogP contribution in [0.3, 0.4) is 0 Å².